The Morgan fingerprint density at radius 3 is 2.18 bits per heavy atom. The van der Waals surface area contributed by atoms with Gasteiger partial charge in [-0.15, -0.1) is 0 Å². The van der Waals surface area contributed by atoms with E-state index >= 15 is 0 Å². The summed E-state index contributed by atoms with van der Waals surface area (Å²) in [6, 6.07) is 9.98. The molecule has 1 aliphatic rings. The molecule has 17 heavy (non-hydrogen) atoms. The van der Waals surface area contributed by atoms with Crippen LogP contribution >= 0.6 is 0 Å². The molecule has 0 aliphatic carbocycles. The molecule has 0 spiro atoms. The summed E-state index contributed by atoms with van der Waals surface area (Å²) in [5, 5.41) is 0. The quantitative estimate of drug-likeness (QED) is 0.764. The molecule has 1 heteroatoms. The van der Waals surface area contributed by atoms with E-state index < -0.39 is 0 Å². The van der Waals surface area contributed by atoms with Crippen LogP contribution in [0.5, 0.6) is 0 Å². The van der Waals surface area contributed by atoms with Gasteiger partial charge in [-0.05, 0) is 63.2 Å². The van der Waals surface area contributed by atoms with Crippen molar-refractivity contribution in [1.82, 2.24) is 4.90 Å². The third-order valence-corrected chi connectivity index (χ3v) is 4.12. The van der Waals surface area contributed by atoms with Crippen molar-refractivity contribution in [2.45, 2.75) is 52.0 Å². The van der Waals surface area contributed by atoms with Gasteiger partial charge in [0.2, 0.25) is 0 Å². The van der Waals surface area contributed by atoms with E-state index in [1.54, 1.807) is 5.56 Å². The topological polar surface area (TPSA) is 3.24 Å². The summed E-state index contributed by atoms with van der Waals surface area (Å²) in [6.07, 6.45) is 3.79. The van der Waals surface area contributed by atoms with Gasteiger partial charge in [-0.2, -0.15) is 0 Å². The molecule has 1 aromatic rings. The SMILES string of the molecule is CCc1ccc(C2CCN(C(C)C)CC2)cc1. The molecule has 1 heterocycles. The third kappa shape index (κ3) is 3.10. The average Bonchev–Trinajstić information content (AvgIpc) is 2.39. The number of nitrogens with zero attached hydrogens (tertiary/aromatic N) is 1. The minimum absolute atomic E-state index is 0.707. The Morgan fingerprint density at radius 1 is 1.12 bits per heavy atom. The van der Waals surface area contributed by atoms with E-state index in [2.05, 4.69) is 49.9 Å². The van der Waals surface area contributed by atoms with E-state index in [4.69, 9.17) is 0 Å². The van der Waals surface area contributed by atoms with Crippen molar-refractivity contribution in [2.75, 3.05) is 13.1 Å². The van der Waals surface area contributed by atoms with Crippen molar-refractivity contribution in [3.8, 4) is 0 Å². The van der Waals surface area contributed by atoms with Crippen LogP contribution in [-0.2, 0) is 6.42 Å². The molecular weight excluding hydrogens is 206 g/mol. The number of aryl methyl sites for hydroxylation is 1. The Morgan fingerprint density at radius 2 is 1.71 bits per heavy atom. The summed E-state index contributed by atoms with van der Waals surface area (Å²) in [5.41, 5.74) is 3.00. The molecule has 0 unspecified atom stereocenters. The molecule has 1 nitrogen and oxygen atoms in total. The Kier molecular flexibility index (Phi) is 4.22. The summed E-state index contributed by atoms with van der Waals surface area (Å²) >= 11 is 0. The summed E-state index contributed by atoms with van der Waals surface area (Å²) in [5.74, 6) is 0.788. The number of benzene rings is 1. The lowest BCUT2D eigenvalue weighted by atomic mass is 9.88. The van der Waals surface area contributed by atoms with Crippen LogP contribution in [0, 0.1) is 0 Å². The van der Waals surface area contributed by atoms with Gasteiger partial charge in [0.05, 0.1) is 0 Å². The van der Waals surface area contributed by atoms with Crippen molar-refractivity contribution in [1.29, 1.82) is 0 Å². The van der Waals surface area contributed by atoms with Crippen molar-refractivity contribution >= 4 is 0 Å². The first kappa shape index (κ1) is 12.6. The van der Waals surface area contributed by atoms with Crippen LogP contribution < -0.4 is 0 Å². The molecule has 94 valence electrons. The summed E-state index contributed by atoms with van der Waals surface area (Å²) in [4.78, 5) is 2.59. The van der Waals surface area contributed by atoms with Gasteiger partial charge in [0, 0.05) is 6.04 Å². The van der Waals surface area contributed by atoms with Gasteiger partial charge < -0.3 is 4.90 Å². The zero-order valence-corrected chi connectivity index (χ0v) is 11.4. The second-order valence-corrected chi connectivity index (χ2v) is 5.50. The van der Waals surface area contributed by atoms with E-state index in [1.165, 1.54) is 31.5 Å². The third-order valence-electron chi connectivity index (χ3n) is 4.12. The van der Waals surface area contributed by atoms with Crippen LogP contribution in [0.4, 0.5) is 0 Å². The molecule has 0 amide bonds. The van der Waals surface area contributed by atoms with Gasteiger partial charge >= 0.3 is 0 Å². The maximum absolute atomic E-state index is 2.59. The monoisotopic (exact) mass is 231 g/mol. The normalized spacial score (nSPS) is 18.8. The Labute approximate surface area is 106 Å². The first-order valence-electron chi connectivity index (χ1n) is 7.03. The number of likely N-dealkylation sites (tertiary alicyclic amines) is 1. The number of piperidine rings is 1. The van der Waals surface area contributed by atoms with Gasteiger partial charge in [-0.25, -0.2) is 0 Å². The Balaban J connectivity index is 1.95. The first-order chi connectivity index (χ1) is 8.20. The smallest absolute Gasteiger partial charge is 0.00385 e. The molecule has 0 atom stereocenters. The summed E-state index contributed by atoms with van der Waals surface area (Å²) in [6.45, 7) is 9.35. The number of hydrogen-bond donors (Lipinski definition) is 0. The standard InChI is InChI=1S/C16H25N/c1-4-14-5-7-15(8-6-14)16-9-11-17(12-10-16)13(2)3/h5-8,13,16H,4,9-12H2,1-3H3. The van der Waals surface area contributed by atoms with Crippen LogP contribution in [0.15, 0.2) is 24.3 Å². The second-order valence-electron chi connectivity index (χ2n) is 5.50. The van der Waals surface area contributed by atoms with Gasteiger partial charge in [-0.1, -0.05) is 31.2 Å². The van der Waals surface area contributed by atoms with Crippen molar-refractivity contribution < 1.29 is 0 Å². The molecule has 0 bridgehead atoms. The van der Waals surface area contributed by atoms with Crippen LogP contribution in [-0.4, -0.2) is 24.0 Å². The zero-order valence-electron chi connectivity index (χ0n) is 11.4. The highest BCUT2D eigenvalue weighted by molar-refractivity contribution is 5.25. The minimum Gasteiger partial charge on any atom is -0.301 e. The van der Waals surface area contributed by atoms with Crippen molar-refractivity contribution in [2.24, 2.45) is 0 Å². The van der Waals surface area contributed by atoms with Crippen LogP contribution in [0.2, 0.25) is 0 Å². The van der Waals surface area contributed by atoms with Crippen LogP contribution in [0.1, 0.15) is 50.7 Å². The highest BCUT2D eigenvalue weighted by Crippen LogP contribution is 2.28. The van der Waals surface area contributed by atoms with Crippen molar-refractivity contribution in [3.63, 3.8) is 0 Å². The second kappa shape index (κ2) is 5.68. The number of hydrogen-bond acceptors (Lipinski definition) is 1. The van der Waals surface area contributed by atoms with Gasteiger partial charge in [0.1, 0.15) is 0 Å². The summed E-state index contributed by atoms with van der Waals surface area (Å²) in [7, 11) is 0. The highest BCUT2D eigenvalue weighted by atomic mass is 15.1. The lowest BCUT2D eigenvalue weighted by Crippen LogP contribution is -2.37. The molecule has 1 fully saturated rings. The van der Waals surface area contributed by atoms with Crippen molar-refractivity contribution in [3.05, 3.63) is 35.4 Å². The lowest BCUT2D eigenvalue weighted by Gasteiger charge is -2.34. The first-order valence-corrected chi connectivity index (χ1v) is 7.03. The lowest BCUT2D eigenvalue weighted by molar-refractivity contribution is 0.172. The maximum Gasteiger partial charge on any atom is 0.00385 e. The molecule has 0 aromatic heterocycles. The van der Waals surface area contributed by atoms with E-state index in [0.29, 0.717) is 6.04 Å². The fourth-order valence-corrected chi connectivity index (χ4v) is 2.77. The predicted octanol–water partition coefficient (Wildman–Crippen LogP) is 3.84. The van der Waals surface area contributed by atoms with E-state index in [0.717, 1.165) is 12.3 Å². The molecule has 0 saturated carbocycles. The molecule has 1 aliphatic heterocycles. The van der Waals surface area contributed by atoms with Gasteiger partial charge in [0.15, 0.2) is 0 Å². The fraction of sp³-hybridized carbons (Fsp3) is 0.625. The Bertz CT molecular complexity index is 331. The molecule has 1 aromatic carbocycles. The minimum atomic E-state index is 0.707. The largest absolute Gasteiger partial charge is 0.301 e. The van der Waals surface area contributed by atoms with Gasteiger partial charge in [-0.3, -0.25) is 0 Å². The van der Waals surface area contributed by atoms with E-state index in [1.807, 2.05) is 0 Å². The molecule has 2 rings (SSSR count). The molecule has 0 N–H and O–H groups in total. The van der Waals surface area contributed by atoms with E-state index in [-0.39, 0.29) is 0 Å². The average molecular weight is 231 g/mol. The summed E-state index contributed by atoms with van der Waals surface area (Å²) < 4.78 is 0. The molecular formula is C16H25N. The van der Waals surface area contributed by atoms with Crippen LogP contribution in [0.25, 0.3) is 0 Å². The highest BCUT2D eigenvalue weighted by Gasteiger charge is 2.21. The Hall–Kier alpha value is -0.820. The maximum atomic E-state index is 2.59. The fourth-order valence-electron chi connectivity index (χ4n) is 2.77. The zero-order chi connectivity index (χ0) is 12.3. The van der Waals surface area contributed by atoms with Crippen LogP contribution in [0.3, 0.4) is 0 Å². The van der Waals surface area contributed by atoms with E-state index in [9.17, 15) is 0 Å². The predicted molar refractivity (Wildman–Crippen MR) is 74.5 cm³/mol. The molecule has 1 saturated heterocycles. The molecule has 0 radical (unpaired) electrons. The number of rotatable bonds is 3. The van der Waals surface area contributed by atoms with Gasteiger partial charge in [0.25, 0.3) is 0 Å².